The molecule has 1 unspecified atom stereocenters. The summed E-state index contributed by atoms with van der Waals surface area (Å²) in [5.74, 6) is -0.0892. The van der Waals surface area contributed by atoms with Crippen LogP contribution in [0.3, 0.4) is 0 Å². The van der Waals surface area contributed by atoms with Crippen molar-refractivity contribution in [1.29, 1.82) is 0 Å². The van der Waals surface area contributed by atoms with E-state index in [9.17, 15) is 9.90 Å². The molecule has 1 aromatic rings. The zero-order chi connectivity index (χ0) is 13.5. The normalized spacial score (nSPS) is 12.2. The molecule has 0 aromatic heterocycles. The Kier molecular flexibility index (Phi) is 5.61. The van der Waals surface area contributed by atoms with Crippen LogP contribution in [0.15, 0.2) is 18.2 Å². The first-order chi connectivity index (χ1) is 8.54. The smallest absolute Gasteiger partial charge is 0.251 e. The largest absolute Gasteiger partial charge is 0.508 e. The third-order valence-electron chi connectivity index (χ3n) is 2.65. The Bertz CT molecular complexity index is 407. The molecule has 5 nitrogen and oxygen atoms in total. The summed E-state index contributed by atoms with van der Waals surface area (Å²) in [7, 11) is 1.59. The molecule has 0 spiro atoms. The molecule has 0 fully saturated rings. The summed E-state index contributed by atoms with van der Waals surface area (Å²) in [6.45, 7) is 2.74. The van der Waals surface area contributed by atoms with E-state index in [4.69, 9.17) is 10.5 Å². The van der Waals surface area contributed by atoms with Crippen LogP contribution in [0.4, 0.5) is 0 Å². The number of methoxy groups -OCH3 is 1. The molecule has 4 N–H and O–H groups in total. The lowest BCUT2D eigenvalue weighted by Gasteiger charge is -2.11. The summed E-state index contributed by atoms with van der Waals surface area (Å²) in [5, 5.41) is 12.3. The fraction of sp³-hybridized carbons (Fsp3) is 0.462. The summed E-state index contributed by atoms with van der Waals surface area (Å²) >= 11 is 0. The average Bonchev–Trinajstić information content (AvgIpc) is 2.33. The first kappa shape index (κ1) is 14.5. The van der Waals surface area contributed by atoms with E-state index in [-0.39, 0.29) is 17.7 Å². The highest BCUT2D eigenvalue weighted by Crippen LogP contribution is 2.17. The van der Waals surface area contributed by atoms with Gasteiger partial charge < -0.3 is 20.9 Å². The Morgan fingerprint density at radius 1 is 1.56 bits per heavy atom. The van der Waals surface area contributed by atoms with Crippen LogP contribution in [0.5, 0.6) is 5.75 Å². The zero-order valence-electron chi connectivity index (χ0n) is 10.8. The molecule has 0 aliphatic carbocycles. The van der Waals surface area contributed by atoms with Crippen LogP contribution in [0.2, 0.25) is 0 Å². The molecule has 5 heteroatoms. The van der Waals surface area contributed by atoms with Gasteiger partial charge in [0.15, 0.2) is 0 Å². The van der Waals surface area contributed by atoms with Crippen molar-refractivity contribution < 1.29 is 14.6 Å². The molecule has 1 amide bonds. The van der Waals surface area contributed by atoms with Crippen molar-refractivity contribution in [2.45, 2.75) is 19.4 Å². The second-order valence-electron chi connectivity index (χ2n) is 4.26. The molecule has 0 heterocycles. The van der Waals surface area contributed by atoms with Crippen LogP contribution in [0.25, 0.3) is 0 Å². The SMILES string of the molecule is COCC(N)CCNC(=O)c1ccc(C)c(O)c1. The molecule has 0 saturated heterocycles. The lowest BCUT2D eigenvalue weighted by Crippen LogP contribution is -2.32. The quantitative estimate of drug-likeness (QED) is 0.699. The summed E-state index contributed by atoms with van der Waals surface area (Å²) in [6.07, 6.45) is 0.650. The Labute approximate surface area is 107 Å². The maximum absolute atomic E-state index is 11.8. The minimum atomic E-state index is -0.213. The van der Waals surface area contributed by atoms with E-state index in [0.717, 1.165) is 5.56 Å². The van der Waals surface area contributed by atoms with Gasteiger partial charge >= 0.3 is 0 Å². The molecule has 0 saturated carbocycles. The second kappa shape index (κ2) is 6.98. The number of ether oxygens (including phenoxy) is 1. The molecule has 0 radical (unpaired) electrons. The maximum atomic E-state index is 11.8. The van der Waals surface area contributed by atoms with Crippen LogP contribution in [-0.2, 0) is 4.74 Å². The predicted octanol–water partition coefficient (Wildman–Crippen LogP) is 0.794. The van der Waals surface area contributed by atoms with Crippen molar-refractivity contribution in [2.24, 2.45) is 5.73 Å². The predicted molar refractivity (Wildman–Crippen MR) is 69.6 cm³/mol. The summed E-state index contributed by atoms with van der Waals surface area (Å²) in [4.78, 5) is 11.8. The zero-order valence-corrected chi connectivity index (χ0v) is 10.8. The number of aryl methyl sites for hydroxylation is 1. The van der Waals surface area contributed by atoms with Crippen molar-refractivity contribution in [3.05, 3.63) is 29.3 Å². The van der Waals surface area contributed by atoms with E-state index in [1.54, 1.807) is 26.2 Å². The number of hydrogen-bond acceptors (Lipinski definition) is 4. The van der Waals surface area contributed by atoms with E-state index < -0.39 is 0 Å². The van der Waals surface area contributed by atoms with E-state index in [0.29, 0.717) is 25.1 Å². The first-order valence-corrected chi connectivity index (χ1v) is 5.87. The lowest BCUT2D eigenvalue weighted by atomic mass is 10.1. The Balaban J connectivity index is 2.43. The number of carbonyl (C=O) groups is 1. The molecule has 0 aliphatic heterocycles. The molecular formula is C13H20N2O3. The molecule has 0 bridgehead atoms. The standard InChI is InChI=1S/C13H20N2O3/c1-9-3-4-10(7-12(9)16)13(17)15-6-5-11(14)8-18-2/h3-4,7,11,16H,5-6,8,14H2,1-2H3,(H,15,17). The van der Waals surface area contributed by atoms with Crippen LogP contribution in [0, 0.1) is 6.92 Å². The van der Waals surface area contributed by atoms with Gasteiger partial charge in [0.05, 0.1) is 6.61 Å². The van der Waals surface area contributed by atoms with E-state index in [2.05, 4.69) is 5.32 Å². The van der Waals surface area contributed by atoms with E-state index >= 15 is 0 Å². The van der Waals surface area contributed by atoms with Gasteiger partial charge in [-0.25, -0.2) is 0 Å². The number of amides is 1. The van der Waals surface area contributed by atoms with Crippen molar-refractivity contribution in [3.63, 3.8) is 0 Å². The Morgan fingerprint density at radius 3 is 2.89 bits per heavy atom. The van der Waals surface area contributed by atoms with Gasteiger partial charge in [0.1, 0.15) is 5.75 Å². The van der Waals surface area contributed by atoms with Gasteiger partial charge in [-0.05, 0) is 31.0 Å². The molecule has 1 aromatic carbocycles. The monoisotopic (exact) mass is 252 g/mol. The van der Waals surface area contributed by atoms with Crippen molar-refractivity contribution >= 4 is 5.91 Å². The molecule has 1 atom stereocenters. The number of rotatable bonds is 6. The number of nitrogens with two attached hydrogens (primary N) is 1. The fourth-order valence-corrected chi connectivity index (χ4v) is 1.52. The molecular weight excluding hydrogens is 232 g/mol. The molecule has 0 aliphatic rings. The van der Waals surface area contributed by atoms with Gasteiger partial charge in [-0.1, -0.05) is 6.07 Å². The third-order valence-corrected chi connectivity index (χ3v) is 2.65. The van der Waals surface area contributed by atoms with Gasteiger partial charge in [0.25, 0.3) is 5.91 Å². The second-order valence-corrected chi connectivity index (χ2v) is 4.26. The van der Waals surface area contributed by atoms with Gasteiger partial charge in [0, 0.05) is 25.3 Å². The van der Waals surface area contributed by atoms with Crippen LogP contribution < -0.4 is 11.1 Å². The topological polar surface area (TPSA) is 84.6 Å². The van der Waals surface area contributed by atoms with Crippen molar-refractivity contribution in [2.75, 3.05) is 20.3 Å². The van der Waals surface area contributed by atoms with Crippen LogP contribution >= 0.6 is 0 Å². The number of phenols is 1. The van der Waals surface area contributed by atoms with Gasteiger partial charge in [-0.15, -0.1) is 0 Å². The minimum absolute atomic E-state index is 0.0817. The average molecular weight is 252 g/mol. The van der Waals surface area contributed by atoms with Crippen LogP contribution in [-0.4, -0.2) is 37.3 Å². The number of nitrogens with one attached hydrogen (secondary N) is 1. The van der Waals surface area contributed by atoms with E-state index in [1.165, 1.54) is 6.07 Å². The van der Waals surface area contributed by atoms with Crippen molar-refractivity contribution in [3.8, 4) is 5.75 Å². The van der Waals surface area contributed by atoms with Gasteiger partial charge in [-0.3, -0.25) is 4.79 Å². The summed E-state index contributed by atoms with van der Waals surface area (Å²) in [6, 6.07) is 4.77. The number of hydrogen-bond donors (Lipinski definition) is 3. The summed E-state index contributed by atoms with van der Waals surface area (Å²) < 4.78 is 4.90. The lowest BCUT2D eigenvalue weighted by molar-refractivity contribution is 0.0949. The highest BCUT2D eigenvalue weighted by atomic mass is 16.5. The Morgan fingerprint density at radius 2 is 2.28 bits per heavy atom. The molecule has 18 heavy (non-hydrogen) atoms. The number of benzene rings is 1. The van der Waals surface area contributed by atoms with E-state index in [1.807, 2.05) is 0 Å². The number of aromatic hydroxyl groups is 1. The minimum Gasteiger partial charge on any atom is -0.508 e. The first-order valence-electron chi connectivity index (χ1n) is 5.87. The van der Waals surface area contributed by atoms with Crippen LogP contribution in [0.1, 0.15) is 22.3 Å². The maximum Gasteiger partial charge on any atom is 0.251 e. The summed E-state index contributed by atoms with van der Waals surface area (Å²) in [5.41, 5.74) is 6.92. The fourth-order valence-electron chi connectivity index (χ4n) is 1.52. The molecule has 100 valence electrons. The highest BCUT2D eigenvalue weighted by molar-refractivity contribution is 5.94. The number of phenolic OH excluding ortho intramolecular Hbond substituents is 1. The highest BCUT2D eigenvalue weighted by Gasteiger charge is 2.08. The molecule has 1 rings (SSSR count). The van der Waals surface area contributed by atoms with Crippen molar-refractivity contribution in [1.82, 2.24) is 5.32 Å². The van der Waals surface area contributed by atoms with Gasteiger partial charge in [-0.2, -0.15) is 0 Å². The number of carbonyl (C=O) groups excluding carboxylic acids is 1. The Hall–Kier alpha value is -1.59. The van der Waals surface area contributed by atoms with Gasteiger partial charge in [0.2, 0.25) is 0 Å². The third kappa shape index (κ3) is 4.35.